The van der Waals surface area contributed by atoms with Crippen LogP contribution in [0, 0.1) is 12.8 Å². The molecule has 1 aromatic carbocycles. The van der Waals surface area contributed by atoms with Gasteiger partial charge in [-0.05, 0) is 43.5 Å². The first kappa shape index (κ1) is 14.8. The topological polar surface area (TPSA) is 44.5 Å². The molecule has 0 amide bonds. The van der Waals surface area contributed by atoms with Crippen LogP contribution in [-0.4, -0.2) is 20.8 Å². The number of nitrogens with two attached hydrogens (primary N) is 1. The third-order valence-corrected chi connectivity index (χ3v) is 3.23. The molecule has 0 aromatic heterocycles. The quantitative estimate of drug-likeness (QED) is 0.845. The second kappa shape index (κ2) is 6.64. The van der Waals surface area contributed by atoms with E-state index in [1.165, 1.54) is 0 Å². The smallest absolute Gasteiger partial charge is 0.122 e. The van der Waals surface area contributed by atoms with Crippen LogP contribution in [0.15, 0.2) is 12.1 Å². The molecule has 0 heterocycles. The lowest BCUT2D eigenvalue weighted by molar-refractivity contribution is 0.387. The number of hydrogen-bond acceptors (Lipinski definition) is 3. The van der Waals surface area contributed by atoms with E-state index in [1.807, 2.05) is 13.0 Å². The molecule has 18 heavy (non-hydrogen) atoms. The summed E-state index contributed by atoms with van der Waals surface area (Å²) < 4.78 is 10.9. The van der Waals surface area contributed by atoms with Crippen molar-refractivity contribution in [2.75, 3.05) is 20.8 Å². The number of hydrogen-bond donors (Lipinski definition) is 1. The van der Waals surface area contributed by atoms with Crippen LogP contribution in [-0.2, 0) is 0 Å². The molecule has 1 atom stereocenters. The summed E-state index contributed by atoms with van der Waals surface area (Å²) in [6.07, 6.45) is 1.05. The van der Waals surface area contributed by atoms with Crippen molar-refractivity contribution in [2.45, 2.75) is 33.1 Å². The Morgan fingerprint density at radius 1 is 1.11 bits per heavy atom. The highest BCUT2D eigenvalue weighted by Crippen LogP contribution is 2.35. The van der Waals surface area contributed by atoms with Crippen LogP contribution in [0.1, 0.15) is 37.3 Å². The van der Waals surface area contributed by atoms with Gasteiger partial charge in [-0.15, -0.1) is 0 Å². The van der Waals surface area contributed by atoms with Crippen LogP contribution in [0.25, 0.3) is 0 Å². The number of benzene rings is 1. The zero-order valence-corrected chi connectivity index (χ0v) is 12.1. The SMILES string of the molecule is COc1cc(C(CN)CC(C)C)c(OC)cc1C. The largest absolute Gasteiger partial charge is 0.496 e. The predicted octanol–water partition coefficient (Wildman–Crippen LogP) is 3.10. The third kappa shape index (κ3) is 3.39. The van der Waals surface area contributed by atoms with E-state index < -0.39 is 0 Å². The van der Waals surface area contributed by atoms with E-state index in [2.05, 4.69) is 19.9 Å². The maximum atomic E-state index is 5.91. The monoisotopic (exact) mass is 251 g/mol. The predicted molar refractivity (Wildman–Crippen MR) is 75.5 cm³/mol. The van der Waals surface area contributed by atoms with Crippen LogP contribution in [0.2, 0.25) is 0 Å². The number of rotatable bonds is 6. The molecular formula is C15H25NO2. The highest BCUT2D eigenvalue weighted by molar-refractivity contribution is 5.47. The van der Waals surface area contributed by atoms with Gasteiger partial charge in [0.25, 0.3) is 0 Å². The lowest BCUT2D eigenvalue weighted by atomic mass is 9.89. The van der Waals surface area contributed by atoms with E-state index in [-0.39, 0.29) is 0 Å². The summed E-state index contributed by atoms with van der Waals surface area (Å²) in [6, 6.07) is 4.09. The molecule has 1 rings (SSSR count). The molecule has 1 unspecified atom stereocenters. The molecule has 0 aliphatic heterocycles. The lowest BCUT2D eigenvalue weighted by Gasteiger charge is -2.21. The summed E-state index contributed by atoms with van der Waals surface area (Å²) in [5, 5.41) is 0. The van der Waals surface area contributed by atoms with Crippen molar-refractivity contribution in [3.63, 3.8) is 0 Å². The summed E-state index contributed by atoms with van der Waals surface area (Å²) in [5.74, 6) is 2.72. The summed E-state index contributed by atoms with van der Waals surface area (Å²) >= 11 is 0. The minimum atomic E-state index is 0.314. The fourth-order valence-electron chi connectivity index (χ4n) is 2.31. The van der Waals surface area contributed by atoms with Gasteiger partial charge in [0, 0.05) is 11.5 Å². The van der Waals surface area contributed by atoms with Crippen molar-refractivity contribution in [2.24, 2.45) is 11.7 Å². The molecule has 0 aliphatic rings. The molecule has 0 spiro atoms. The van der Waals surface area contributed by atoms with Gasteiger partial charge in [-0.3, -0.25) is 0 Å². The van der Waals surface area contributed by atoms with Crippen molar-refractivity contribution in [3.8, 4) is 11.5 Å². The Balaban J connectivity index is 3.18. The Bertz CT molecular complexity index is 388. The molecule has 2 N–H and O–H groups in total. The lowest BCUT2D eigenvalue weighted by Crippen LogP contribution is -2.16. The number of methoxy groups -OCH3 is 2. The first-order valence-corrected chi connectivity index (χ1v) is 6.46. The molecule has 0 aliphatic carbocycles. The normalized spacial score (nSPS) is 12.6. The Kier molecular flexibility index (Phi) is 5.48. The maximum Gasteiger partial charge on any atom is 0.122 e. The third-order valence-electron chi connectivity index (χ3n) is 3.23. The van der Waals surface area contributed by atoms with Crippen molar-refractivity contribution in [1.29, 1.82) is 0 Å². The molecule has 0 saturated heterocycles. The van der Waals surface area contributed by atoms with Crippen LogP contribution < -0.4 is 15.2 Å². The van der Waals surface area contributed by atoms with Gasteiger partial charge in [0.1, 0.15) is 11.5 Å². The van der Waals surface area contributed by atoms with Crippen LogP contribution in [0.5, 0.6) is 11.5 Å². The summed E-state index contributed by atoms with van der Waals surface area (Å²) in [6.45, 7) is 7.06. The van der Waals surface area contributed by atoms with Gasteiger partial charge in [-0.1, -0.05) is 13.8 Å². The second-order valence-electron chi connectivity index (χ2n) is 5.13. The Labute approximate surface area is 110 Å². The average molecular weight is 251 g/mol. The van der Waals surface area contributed by atoms with Crippen LogP contribution in [0.4, 0.5) is 0 Å². The van der Waals surface area contributed by atoms with Gasteiger partial charge >= 0.3 is 0 Å². The van der Waals surface area contributed by atoms with Gasteiger partial charge in [0.05, 0.1) is 14.2 Å². The molecule has 0 saturated carbocycles. The van der Waals surface area contributed by atoms with Gasteiger partial charge in [-0.25, -0.2) is 0 Å². The van der Waals surface area contributed by atoms with Gasteiger partial charge in [0.2, 0.25) is 0 Å². The van der Waals surface area contributed by atoms with E-state index in [0.717, 1.165) is 29.0 Å². The van der Waals surface area contributed by atoms with Crippen molar-refractivity contribution in [3.05, 3.63) is 23.3 Å². The first-order chi connectivity index (χ1) is 8.53. The fourth-order valence-corrected chi connectivity index (χ4v) is 2.31. The first-order valence-electron chi connectivity index (χ1n) is 6.46. The van der Waals surface area contributed by atoms with Crippen LogP contribution >= 0.6 is 0 Å². The van der Waals surface area contributed by atoms with E-state index in [9.17, 15) is 0 Å². The van der Waals surface area contributed by atoms with Crippen LogP contribution in [0.3, 0.4) is 0 Å². The number of aryl methyl sites for hydroxylation is 1. The highest BCUT2D eigenvalue weighted by Gasteiger charge is 2.18. The molecule has 1 aromatic rings. The average Bonchev–Trinajstić information content (AvgIpc) is 2.35. The molecule has 0 fully saturated rings. The molecule has 102 valence electrons. The van der Waals surface area contributed by atoms with E-state index >= 15 is 0 Å². The molecule has 3 heteroatoms. The Morgan fingerprint density at radius 3 is 2.17 bits per heavy atom. The van der Waals surface area contributed by atoms with E-state index in [4.69, 9.17) is 15.2 Å². The minimum absolute atomic E-state index is 0.314. The maximum absolute atomic E-state index is 5.91. The number of ether oxygens (including phenoxy) is 2. The Hall–Kier alpha value is -1.22. The van der Waals surface area contributed by atoms with Crippen molar-refractivity contribution in [1.82, 2.24) is 0 Å². The standard InChI is InChI=1S/C15H25NO2/c1-10(2)6-12(9-16)13-8-14(17-4)11(3)7-15(13)18-5/h7-8,10,12H,6,9,16H2,1-5H3. The Morgan fingerprint density at radius 2 is 1.72 bits per heavy atom. The van der Waals surface area contributed by atoms with E-state index in [0.29, 0.717) is 18.4 Å². The van der Waals surface area contributed by atoms with E-state index in [1.54, 1.807) is 14.2 Å². The zero-order chi connectivity index (χ0) is 13.7. The minimum Gasteiger partial charge on any atom is -0.496 e. The fraction of sp³-hybridized carbons (Fsp3) is 0.600. The molecule has 0 bridgehead atoms. The van der Waals surface area contributed by atoms with Gasteiger partial charge in [0.15, 0.2) is 0 Å². The summed E-state index contributed by atoms with van der Waals surface area (Å²) in [5.41, 5.74) is 8.14. The van der Waals surface area contributed by atoms with Gasteiger partial charge < -0.3 is 15.2 Å². The summed E-state index contributed by atoms with van der Waals surface area (Å²) in [7, 11) is 3.40. The molecule has 3 nitrogen and oxygen atoms in total. The second-order valence-corrected chi connectivity index (χ2v) is 5.13. The molecule has 0 radical (unpaired) electrons. The van der Waals surface area contributed by atoms with Crippen molar-refractivity contribution < 1.29 is 9.47 Å². The zero-order valence-electron chi connectivity index (χ0n) is 12.1. The van der Waals surface area contributed by atoms with Gasteiger partial charge in [-0.2, -0.15) is 0 Å². The van der Waals surface area contributed by atoms with Crippen molar-refractivity contribution >= 4 is 0 Å². The molecular weight excluding hydrogens is 226 g/mol. The summed E-state index contributed by atoms with van der Waals surface area (Å²) in [4.78, 5) is 0. The highest BCUT2D eigenvalue weighted by atomic mass is 16.5.